The Morgan fingerprint density at radius 2 is 1.78 bits per heavy atom. The van der Waals surface area contributed by atoms with Crippen molar-refractivity contribution in [3.05, 3.63) is 77.4 Å². The van der Waals surface area contributed by atoms with Gasteiger partial charge in [-0.2, -0.15) is 0 Å². The number of nitrogens with one attached hydrogen (secondary N) is 1. The minimum atomic E-state index is -0.388. The summed E-state index contributed by atoms with van der Waals surface area (Å²) in [7, 11) is 0. The average Bonchev–Trinajstić information content (AvgIpc) is 3.17. The predicted molar refractivity (Wildman–Crippen MR) is 108 cm³/mol. The molecule has 1 heterocycles. The van der Waals surface area contributed by atoms with Gasteiger partial charge in [0.1, 0.15) is 5.75 Å². The molecule has 1 aliphatic heterocycles. The molecule has 3 N–H and O–H groups in total. The zero-order chi connectivity index (χ0) is 18.8. The van der Waals surface area contributed by atoms with Crippen LogP contribution in [0.4, 0.5) is 0 Å². The van der Waals surface area contributed by atoms with Crippen LogP contribution in [-0.2, 0) is 11.4 Å². The normalized spacial score (nSPS) is 16.4. The van der Waals surface area contributed by atoms with Gasteiger partial charge in [-0.15, -0.1) is 0 Å². The summed E-state index contributed by atoms with van der Waals surface area (Å²) in [6, 6.07) is 20.1. The van der Waals surface area contributed by atoms with Crippen molar-refractivity contribution in [2.45, 2.75) is 32.7 Å². The third-order valence-electron chi connectivity index (χ3n) is 4.54. The van der Waals surface area contributed by atoms with Crippen molar-refractivity contribution in [3.8, 4) is 5.75 Å². The fourth-order valence-corrected chi connectivity index (χ4v) is 3.28. The Bertz CT molecular complexity index is 981. The number of nitrogens with two attached hydrogens (primary N) is 1. The number of hydrogen-bond donors (Lipinski definition) is 2. The van der Waals surface area contributed by atoms with Crippen LogP contribution in [0.2, 0.25) is 0 Å². The molecule has 3 aromatic carbocycles. The molecule has 27 heavy (non-hydrogen) atoms. The maximum atomic E-state index is 5.88. The van der Waals surface area contributed by atoms with E-state index in [1.165, 1.54) is 0 Å². The van der Waals surface area contributed by atoms with Crippen LogP contribution in [-0.4, -0.2) is 11.9 Å². The van der Waals surface area contributed by atoms with E-state index >= 15 is 0 Å². The first-order valence-electron chi connectivity index (χ1n) is 9.13. The number of fused-ring (bicyclic) bond motifs is 1. The van der Waals surface area contributed by atoms with E-state index in [-0.39, 0.29) is 12.3 Å². The maximum Gasteiger partial charge on any atom is 0.202 e. The minimum Gasteiger partial charge on any atom is -0.491 e. The van der Waals surface area contributed by atoms with Gasteiger partial charge in [0.2, 0.25) is 6.23 Å². The molecule has 5 nitrogen and oxygen atoms in total. The van der Waals surface area contributed by atoms with E-state index in [9.17, 15) is 0 Å². The van der Waals surface area contributed by atoms with Crippen LogP contribution in [0, 0.1) is 0 Å². The van der Waals surface area contributed by atoms with Crippen LogP contribution in [0.1, 0.15) is 36.8 Å². The second-order valence-electron chi connectivity index (χ2n) is 6.81. The first-order chi connectivity index (χ1) is 13.2. The first-order valence-corrected chi connectivity index (χ1v) is 9.13. The van der Waals surface area contributed by atoms with Crippen molar-refractivity contribution < 1.29 is 9.57 Å². The Hall–Kier alpha value is -2.89. The zero-order valence-corrected chi connectivity index (χ0v) is 15.5. The van der Waals surface area contributed by atoms with Gasteiger partial charge >= 0.3 is 0 Å². The molecule has 0 saturated heterocycles. The van der Waals surface area contributed by atoms with E-state index in [0.29, 0.717) is 6.54 Å². The topological polar surface area (TPSA) is 68.9 Å². The van der Waals surface area contributed by atoms with Crippen LogP contribution in [0.3, 0.4) is 0 Å². The summed E-state index contributed by atoms with van der Waals surface area (Å²) < 4.78 is 5.69. The largest absolute Gasteiger partial charge is 0.491 e. The lowest BCUT2D eigenvalue weighted by Crippen LogP contribution is -2.18. The molecule has 0 bridgehead atoms. The van der Waals surface area contributed by atoms with Crippen LogP contribution in [0.5, 0.6) is 5.75 Å². The number of hydroxylamine groups is 1. The van der Waals surface area contributed by atoms with Crippen molar-refractivity contribution in [3.63, 3.8) is 0 Å². The van der Waals surface area contributed by atoms with E-state index in [2.05, 4.69) is 17.6 Å². The second-order valence-corrected chi connectivity index (χ2v) is 6.81. The summed E-state index contributed by atoms with van der Waals surface area (Å²) in [5, 5.41) is 2.25. The molecule has 3 aromatic rings. The maximum absolute atomic E-state index is 5.88. The van der Waals surface area contributed by atoms with Gasteiger partial charge in [-0.25, -0.2) is 15.3 Å². The number of nitrogens with zero attached hydrogens (tertiary/aromatic N) is 1. The third kappa shape index (κ3) is 3.52. The monoisotopic (exact) mass is 361 g/mol. The molecule has 0 amide bonds. The zero-order valence-electron chi connectivity index (χ0n) is 15.5. The molecule has 1 atom stereocenters. The molecule has 4 rings (SSSR count). The third-order valence-corrected chi connectivity index (χ3v) is 4.54. The predicted octanol–water partition coefficient (Wildman–Crippen LogP) is 4.07. The molecule has 1 unspecified atom stereocenters. The average molecular weight is 361 g/mol. The number of amidine groups is 1. The summed E-state index contributed by atoms with van der Waals surface area (Å²) in [6.45, 7) is 4.52. The fraction of sp³-hybridized carbons (Fsp3) is 0.227. The second kappa shape index (κ2) is 7.39. The summed E-state index contributed by atoms with van der Waals surface area (Å²) >= 11 is 0. The molecule has 5 heteroatoms. The molecular weight excluding hydrogens is 338 g/mol. The highest BCUT2D eigenvalue weighted by atomic mass is 16.7. The minimum absolute atomic E-state index is 0.148. The van der Waals surface area contributed by atoms with Crippen molar-refractivity contribution in [1.82, 2.24) is 5.48 Å². The highest BCUT2D eigenvalue weighted by Gasteiger charge is 2.22. The van der Waals surface area contributed by atoms with Crippen molar-refractivity contribution in [2.75, 3.05) is 0 Å². The summed E-state index contributed by atoms with van der Waals surface area (Å²) in [5.41, 5.74) is 12.0. The summed E-state index contributed by atoms with van der Waals surface area (Å²) in [5.74, 6) is 1.56. The van der Waals surface area contributed by atoms with Crippen LogP contribution in [0.25, 0.3) is 10.8 Å². The smallest absolute Gasteiger partial charge is 0.202 e. The highest BCUT2D eigenvalue weighted by molar-refractivity contribution is 6.10. The van der Waals surface area contributed by atoms with Crippen LogP contribution >= 0.6 is 0 Å². The number of rotatable bonds is 5. The van der Waals surface area contributed by atoms with E-state index in [4.69, 9.17) is 20.3 Å². The van der Waals surface area contributed by atoms with Crippen LogP contribution in [0.15, 0.2) is 65.7 Å². The first kappa shape index (κ1) is 17.5. The van der Waals surface area contributed by atoms with Crippen molar-refractivity contribution >= 4 is 16.6 Å². The summed E-state index contributed by atoms with van der Waals surface area (Å²) in [4.78, 5) is 10.4. The molecule has 0 aliphatic carbocycles. The molecule has 0 fully saturated rings. The van der Waals surface area contributed by atoms with Gasteiger partial charge in [0.25, 0.3) is 0 Å². The molecule has 138 valence electrons. The molecular formula is C22H23N3O2. The van der Waals surface area contributed by atoms with Crippen molar-refractivity contribution in [1.29, 1.82) is 0 Å². The Balaban J connectivity index is 1.64. The Kier molecular flexibility index (Phi) is 4.79. The highest BCUT2D eigenvalue weighted by Crippen LogP contribution is 2.28. The Morgan fingerprint density at radius 3 is 2.48 bits per heavy atom. The molecule has 0 aromatic heterocycles. The molecule has 1 aliphatic rings. The summed E-state index contributed by atoms with van der Waals surface area (Å²) in [6.07, 6.45) is -0.240. The number of hydrogen-bond acceptors (Lipinski definition) is 5. The van der Waals surface area contributed by atoms with Gasteiger partial charge in [-0.05, 0) is 42.3 Å². The van der Waals surface area contributed by atoms with Gasteiger partial charge < -0.3 is 10.5 Å². The lowest BCUT2D eigenvalue weighted by Gasteiger charge is -2.11. The molecule has 0 saturated carbocycles. The van der Waals surface area contributed by atoms with Gasteiger partial charge in [0.05, 0.1) is 6.10 Å². The SMILES string of the molecule is CC(C)Oc1ccc(C2N=C(c3ccc(CN)c4ccccc34)NO2)cc1. The molecule has 0 radical (unpaired) electrons. The van der Waals surface area contributed by atoms with Gasteiger partial charge in [0.15, 0.2) is 5.84 Å². The van der Waals surface area contributed by atoms with E-state index < -0.39 is 0 Å². The Morgan fingerprint density at radius 1 is 1.04 bits per heavy atom. The van der Waals surface area contributed by atoms with E-state index in [1.807, 2.05) is 62.4 Å². The quantitative estimate of drug-likeness (QED) is 0.719. The fourth-order valence-electron chi connectivity index (χ4n) is 3.28. The van der Waals surface area contributed by atoms with E-state index in [0.717, 1.165) is 39.0 Å². The number of aliphatic imine (C=N–C) groups is 1. The van der Waals surface area contributed by atoms with Gasteiger partial charge in [-0.3, -0.25) is 0 Å². The van der Waals surface area contributed by atoms with Crippen molar-refractivity contribution in [2.24, 2.45) is 10.7 Å². The van der Waals surface area contributed by atoms with Crippen LogP contribution < -0.4 is 16.0 Å². The lowest BCUT2D eigenvalue weighted by atomic mass is 9.99. The lowest BCUT2D eigenvalue weighted by molar-refractivity contribution is 0.0377. The van der Waals surface area contributed by atoms with E-state index in [1.54, 1.807) is 0 Å². The standard InChI is InChI=1S/C22H23N3O2/c1-14(2)26-17-10-7-15(8-11-17)22-24-21(25-27-22)20-12-9-16(13-23)18-5-3-4-6-19(18)20/h3-12,14,22H,13,23H2,1-2H3,(H,24,25). The Labute approximate surface area is 158 Å². The number of benzene rings is 3. The van der Waals surface area contributed by atoms with Gasteiger partial charge in [0, 0.05) is 17.7 Å². The molecule has 0 spiro atoms. The van der Waals surface area contributed by atoms with Gasteiger partial charge in [-0.1, -0.05) is 48.5 Å². The number of ether oxygens (including phenoxy) is 1.